The third-order valence-electron chi connectivity index (χ3n) is 4.81. The van der Waals surface area contributed by atoms with E-state index in [4.69, 9.17) is 4.74 Å². The molecule has 3 aromatic rings. The van der Waals surface area contributed by atoms with Gasteiger partial charge in [-0.15, -0.1) is 0 Å². The summed E-state index contributed by atoms with van der Waals surface area (Å²) in [6.07, 6.45) is 3.53. The van der Waals surface area contributed by atoms with Gasteiger partial charge in [0.15, 0.2) is 0 Å². The summed E-state index contributed by atoms with van der Waals surface area (Å²) in [6, 6.07) is 9.45. The fourth-order valence-electron chi connectivity index (χ4n) is 3.54. The molecule has 1 aliphatic heterocycles. The van der Waals surface area contributed by atoms with Crippen LogP contribution < -0.4 is 0 Å². The maximum atomic E-state index is 13.2. The number of amides is 1. The molecule has 0 fully saturated rings. The summed E-state index contributed by atoms with van der Waals surface area (Å²) < 4.78 is 7.39. The van der Waals surface area contributed by atoms with E-state index in [1.165, 1.54) is 0 Å². The molecular formula is C19H20N4O2. The monoisotopic (exact) mass is 336 g/mol. The lowest BCUT2D eigenvalue weighted by molar-refractivity contribution is 0.0634. The number of aromatic nitrogens is 3. The van der Waals surface area contributed by atoms with Gasteiger partial charge in [0.2, 0.25) is 0 Å². The van der Waals surface area contributed by atoms with Crippen LogP contribution in [-0.2, 0) is 17.9 Å². The smallest absolute Gasteiger partial charge is 0.255 e. The number of hydrogen-bond acceptors (Lipinski definition) is 4. The SMILES string of the molecule is COCc1cnc2n1CCN(C(=O)c1ccnc3ccccc13)[C@H]2C. The molecule has 1 amide bonds. The zero-order chi connectivity index (χ0) is 17.4. The van der Waals surface area contributed by atoms with Crippen LogP contribution in [0.2, 0.25) is 0 Å². The Hall–Kier alpha value is -2.73. The number of pyridine rings is 1. The summed E-state index contributed by atoms with van der Waals surface area (Å²) >= 11 is 0. The van der Waals surface area contributed by atoms with Crippen molar-refractivity contribution in [2.75, 3.05) is 13.7 Å². The number of rotatable bonds is 3. The molecule has 128 valence electrons. The lowest BCUT2D eigenvalue weighted by Gasteiger charge is -2.34. The van der Waals surface area contributed by atoms with E-state index in [2.05, 4.69) is 14.5 Å². The van der Waals surface area contributed by atoms with Crippen molar-refractivity contribution in [1.82, 2.24) is 19.4 Å². The van der Waals surface area contributed by atoms with Gasteiger partial charge in [-0.25, -0.2) is 4.98 Å². The number of methoxy groups -OCH3 is 1. The number of carbonyl (C=O) groups is 1. The van der Waals surface area contributed by atoms with Gasteiger partial charge in [0.25, 0.3) is 5.91 Å². The van der Waals surface area contributed by atoms with Crippen molar-refractivity contribution in [3.63, 3.8) is 0 Å². The van der Waals surface area contributed by atoms with E-state index >= 15 is 0 Å². The van der Waals surface area contributed by atoms with Crippen molar-refractivity contribution < 1.29 is 9.53 Å². The molecule has 25 heavy (non-hydrogen) atoms. The fourth-order valence-corrected chi connectivity index (χ4v) is 3.54. The van der Waals surface area contributed by atoms with E-state index in [9.17, 15) is 4.79 Å². The molecule has 0 spiro atoms. The second-order valence-electron chi connectivity index (χ2n) is 6.24. The van der Waals surface area contributed by atoms with E-state index in [0.717, 1.165) is 29.0 Å². The summed E-state index contributed by atoms with van der Waals surface area (Å²) in [5, 5.41) is 0.885. The summed E-state index contributed by atoms with van der Waals surface area (Å²) in [4.78, 5) is 24.0. The summed E-state index contributed by atoms with van der Waals surface area (Å²) in [7, 11) is 1.68. The van der Waals surface area contributed by atoms with Gasteiger partial charge in [-0.3, -0.25) is 9.78 Å². The predicted octanol–water partition coefficient (Wildman–Crippen LogP) is 2.79. The highest BCUT2D eigenvalue weighted by Crippen LogP contribution is 2.28. The quantitative estimate of drug-likeness (QED) is 0.738. The van der Waals surface area contributed by atoms with E-state index in [1.54, 1.807) is 19.4 Å². The Balaban J connectivity index is 1.69. The number of benzene rings is 1. The Morgan fingerprint density at radius 1 is 1.24 bits per heavy atom. The lowest BCUT2D eigenvalue weighted by Crippen LogP contribution is -2.41. The van der Waals surface area contributed by atoms with Crippen LogP contribution in [0.25, 0.3) is 10.9 Å². The average molecular weight is 336 g/mol. The van der Waals surface area contributed by atoms with Crippen LogP contribution in [0.4, 0.5) is 0 Å². The van der Waals surface area contributed by atoms with Crippen LogP contribution in [0.15, 0.2) is 42.7 Å². The van der Waals surface area contributed by atoms with Gasteiger partial charge in [-0.2, -0.15) is 0 Å². The largest absolute Gasteiger partial charge is 0.378 e. The number of para-hydroxylation sites is 1. The van der Waals surface area contributed by atoms with Gasteiger partial charge >= 0.3 is 0 Å². The summed E-state index contributed by atoms with van der Waals surface area (Å²) in [5.41, 5.74) is 2.57. The minimum atomic E-state index is -0.0845. The second-order valence-corrected chi connectivity index (χ2v) is 6.24. The maximum absolute atomic E-state index is 13.2. The second kappa shape index (κ2) is 6.29. The molecule has 1 aromatic carbocycles. The predicted molar refractivity (Wildman–Crippen MR) is 94.1 cm³/mol. The number of nitrogens with zero attached hydrogens (tertiary/aromatic N) is 4. The molecule has 0 N–H and O–H groups in total. The number of imidazole rings is 1. The normalized spacial score (nSPS) is 16.9. The fraction of sp³-hybridized carbons (Fsp3) is 0.316. The van der Waals surface area contributed by atoms with E-state index in [1.807, 2.05) is 42.3 Å². The van der Waals surface area contributed by atoms with Crippen molar-refractivity contribution in [3.8, 4) is 0 Å². The zero-order valence-electron chi connectivity index (χ0n) is 14.3. The van der Waals surface area contributed by atoms with Crippen LogP contribution in [0.5, 0.6) is 0 Å². The topological polar surface area (TPSA) is 60.2 Å². The number of fused-ring (bicyclic) bond motifs is 2. The first-order valence-corrected chi connectivity index (χ1v) is 8.38. The Labute approximate surface area is 146 Å². The maximum Gasteiger partial charge on any atom is 0.255 e. The Morgan fingerprint density at radius 2 is 2.08 bits per heavy atom. The highest BCUT2D eigenvalue weighted by atomic mass is 16.5. The summed E-state index contributed by atoms with van der Waals surface area (Å²) in [6.45, 7) is 3.93. The average Bonchev–Trinajstić information content (AvgIpc) is 3.05. The molecule has 0 unspecified atom stereocenters. The molecule has 0 radical (unpaired) electrons. The molecule has 6 heteroatoms. The van der Waals surface area contributed by atoms with E-state index < -0.39 is 0 Å². The molecule has 0 aliphatic carbocycles. The molecule has 2 aromatic heterocycles. The first-order valence-electron chi connectivity index (χ1n) is 8.38. The van der Waals surface area contributed by atoms with Gasteiger partial charge in [-0.1, -0.05) is 18.2 Å². The minimum Gasteiger partial charge on any atom is -0.378 e. The third kappa shape index (κ3) is 2.59. The molecule has 0 saturated carbocycles. The van der Waals surface area contributed by atoms with E-state index in [0.29, 0.717) is 18.7 Å². The van der Waals surface area contributed by atoms with Crippen LogP contribution in [0, 0.1) is 0 Å². The van der Waals surface area contributed by atoms with Gasteiger partial charge in [0, 0.05) is 31.8 Å². The standard InChI is InChI=1S/C19H20N4O2/c1-13-18-21-11-14(12-25-2)23(18)10-9-22(13)19(24)16-7-8-20-17-6-4-3-5-15(16)17/h3-8,11,13H,9-10,12H2,1-2H3/t13-/m0/s1. The molecule has 3 heterocycles. The van der Waals surface area contributed by atoms with Gasteiger partial charge < -0.3 is 14.2 Å². The minimum absolute atomic E-state index is 0.0219. The third-order valence-corrected chi connectivity index (χ3v) is 4.81. The van der Waals surface area contributed by atoms with Crippen molar-refractivity contribution in [2.24, 2.45) is 0 Å². The molecular weight excluding hydrogens is 316 g/mol. The van der Waals surface area contributed by atoms with Gasteiger partial charge in [-0.05, 0) is 19.1 Å². The summed E-state index contributed by atoms with van der Waals surface area (Å²) in [5.74, 6) is 0.929. The van der Waals surface area contributed by atoms with Crippen molar-refractivity contribution >= 4 is 16.8 Å². The highest BCUT2D eigenvalue weighted by Gasteiger charge is 2.31. The van der Waals surface area contributed by atoms with E-state index in [-0.39, 0.29) is 11.9 Å². The molecule has 0 saturated heterocycles. The molecule has 1 aliphatic rings. The Kier molecular flexibility index (Phi) is 3.97. The Bertz CT molecular complexity index is 929. The van der Waals surface area contributed by atoms with Crippen LogP contribution in [0.1, 0.15) is 34.8 Å². The van der Waals surface area contributed by atoms with Gasteiger partial charge in [0.1, 0.15) is 5.82 Å². The lowest BCUT2D eigenvalue weighted by atomic mass is 10.1. The first kappa shape index (κ1) is 15.8. The van der Waals surface area contributed by atoms with Crippen LogP contribution in [0.3, 0.4) is 0 Å². The Morgan fingerprint density at radius 3 is 2.92 bits per heavy atom. The van der Waals surface area contributed by atoms with Crippen LogP contribution >= 0.6 is 0 Å². The number of ether oxygens (including phenoxy) is 1. The zero-order valence-corrected chi connectivity index (χ0v) is 14.3. The highest BCUT2D eigenvalue weighted by molar-refractivity contribution is 6.06. The van der Waals surface area contributed by atoms with Gasteiger partial charge in [0.05, 0.1) is 35.6 Å². The van der Waals surface area contributed by atoms with Crippen LogP contribution in [-0.4, -0.2) is 39.0 Å². The first-order chi connectivity index (χ1) is 12.2. The van der Waals surface area contributed by atoms with Crippen molar-refractivity contribution in [3.05, 3.63) is 59.8 Å². The number of carbonyl (C=O) groups excluding carboxylic acids is 1. The number of hydrogen-bond donors (Lipinski definition) is 0. The molecule has 4 rings (SSSR count). The molecule has 0 bridgehead atoms. The van der Waals surface area contributed by atoms with Crippen molar-refractivity contribution in [2.45, 2.75) is 26.1 Å². The molecule has 1 atom stereocenters. The van der Waals surface area contributed by atoms with Crippen molar-refractivity contribution in [1.29, 1.82) is 0 Å². The molecule has 6 nitrogen and oxygen atoms in total.